The molecule has 0 unspecified atom stereocenters. The number of aromatic carboxylic acids is 1. The highest BCUT2D eigenvalue weighted by Crippen LogP contribution is 2.32. The molecule has 0 bridgehead atoms. The third-order valence-corrected chi connectivity index (χ3v) is 4.49. The maximum atomic E-state index is 12.8. The van der Waals surface area contributed by atoms with Gasteiger partial charge in [0.25, 0.3) is 5.91 Å². The quantitative estimate of drug-likeness (QED) is 0.654. The number of hydrogen-bond acceptors (Lipinski definition) is 4. The van der Waals surface area contributed by atoms with Gasteiger partial charge in [-0.15, -0.1) is 0 Å². The number of amides is 1. The topological polar surface area (TPSA) is 79.3 Å². The third-order valence-electron chi connectivity index (χ3n) is 3.34. The van der Waals surface area contributed by atoms with Crippen LogP contribution in [0.25, 0.3) is 10.2 Å². The molecule has 2 aromatic carbocycles. The molecule has 134 valence electrons. The summed E-state index contributed by atoms with van der Waals surface area (Å²) in [5, 5.41) is 11.3. The van der Waals surface area contributed by atoms with E-state index in [9.17, 15) is 22.8 Å². The number of rotatable bonds is 3. The highest BCUT2D eigenvalue weighted by atomic mass is 35.5. The summed E-state index contributed by atoms with van der Waals surface area (Å²) in [4.78, 5) is 27.3. The van der Waals surface area contributed by atoms with Crippen molar-refractivity contribution in [3.63, 3.8) is 0 Å². The molecule has 1 heterocycles. The van der Waals surface area contributed by atoms with E-state index in [1.165, 1.54) is 18.2 Å². The Balaban J connectivity index is 1.89. The lowest BCUT2D eigenvalue weighted by Crippen LogP contribution is -2.14. The van der Waals surface area contributed by atoms with E-state index in [-0.39, 0.29) is 21.3 Å². The van der Waals surface area contributed by atoms with Crippen molar-refractivity contribution in [3.8, 4) is 0 Å². The van der Waals surface area contributed by atoms with E-state index >= 15 is 0 Å². The van der Waals surface area contributed by atoms with Crippen molar-refractivity contribution in [1.29, 1.82) is 0 Å². The number of alkyl halides is 3. The Kier molecular flexibility index (Phi) is 4.59. The number of carbonyl (C=O) groups excluding carboxylic acids is 1. The van der Waals surface area contributed by atoms with Crippen LogP contribution in [0.5, 0.6) is 0 Å². The molecular weight excluding hydrogens is 393 g/mol. The number of nitrogens with one attached hydrogen (secondary N) is 1. The predicted octanol–water partition coefficient (Wildman–Crippen LogP) is 4.92. The number of aromatic nitrogens is 1. The molecule has 5 nitrogen and oxygen atoms in total. The van der Waals surface area contributed by atoms with E-state index in [4.69, 9.17) is 16.7 Å². The number of carboxylic acid groups (broad SMARTS) is 1. The van der Waals surface area contributed by atoms with Crippen LogP contribution in [0, 0.1) is 0 Å². The van der Waals surface area contributed by atoms with Crippen LogP contribution in [0.1, 0.15) is 26.3 Å². The minimum absolute atomic E-state index is 0.0590. The Bertz CT molecular complexity index is 1030. The van der Waals surface area contributed by atoms with Crippen molar-refractivity contribution in [3.05, 3.63) is 58.1 Å². The van der Waals surface area contributed by atoms with Crippen LogP contribution in [0.4, 0.5) is 18.3 Å². The Labute approximate surface area is 153 Å². The zero-order chi connectivity index (χ0) is 19.1. The average Bonchev–Trinajstić information content (AvgIpc) is 2.94. The number of anilines is 1. The fraction of sp³-hybridized carbons (Fsp3) is 0.0625. The Morgan fingerprint density at radius 2 is 1.85 bits per heavy atom. The van der Waals surface area contributed by atoms with Gasteiger partial charge in [-0.2, -0.15) is 13.2 Å². The zero-order valence-corrected chi connectivity index (χ0v) is 14.2. The van der Waals surface area contributed by atoms with E-state index in [1.54, 1.807) is 0 Å². The predicted molar refractivity (Wildman–Crippen MR) is 91.0 cm³/mol. The van der Waals surface area contributed by atoms with Gasteiger partial charge in [-0.05, 0) is 36.4 Å². The third kappa shape index (κ3) is 3.78. The summed E-state index contributed by atoms with van der Waals surface area (Å²) >= 11 is 6.67. The average molecular weight is 401 g/mol. The second kappa shape index (κ2) is 6.58. The molecule has 0 aliphatic rings. The van der Waals surface area contributed by atoms with Crippen LogP contribution in [-0.2, 0) is 6.18 Å². The van der Waals surface area contributed by atoms with E-state index in [0.717, 1.165) is 23.5 Å². The van der Waals surface area contributed by atoms with Gasteiger partial charge in [-0.25, -0.2) is 9.78 Å². The van der Waals surface area contributed by atoms with Crippen molar-refractivity contribution in [2.24, 2.45) is 0 Å². The largest absolute Gasteiger partial charge is 0.478 e. The maximum Gasteiger partial charge on any atom is 0.416 e. The van der Waals surface area contributed by atoms with Crippen LogP contribution in [-0.4, -0.2) is 22.0 Å². The Morgan fingerprint density at radius 3 is 2.50 bits per heavy atom. The summed E-state index contributed by atoms with van der Waals surface area (Å²) in [6.45, 7) is 0. The zero-order valence-electron chi connectivity index (χ0n) is 12.6. The van der Waals surface area contributed by atoms with Gasteiger partial charge in [0, 0.05) is 10.6 Å². The molecule has 0 radical (unpaired) electrons. The van der Waals surface area contributed by atoms with E-state index in [0.29, 0.717) is 16.3 Å². The number of carboxylic acids is 1. The van der Waals surface area contributed by atoms with Crippen molar-refractivity contribution < 1.29 is 27.9 Å². The number of halogens is 4. The van der Waals surface area contributed by atoms with E-state index in [2.05, 4.69) is 10.3 Å². The second-order valence-corrected chi connectivity index (χ2v) is 6.65. The van der Waals surface area contributed by atoms with E-state index < -0.39 is 23.6 Å². The monoisotopic (exact) mass is 400 g/mol. The maximum absolute atomic E-state index is 12.8. The first-order chi connectivity index (χ1) is 12.1. The lowest BCUT2D eigenvalue weighted by atomic mass is 10.1. The van der Waals surface area contributed by atoms with Gasteiger partial charge in [0.15, 0.2) is 5.13 Å². The Hall–Kier alpha value is -2.65. The SMILES string of the molecule is O=C(O)c1ccc2nc(NC(=O)c3cc(Cl)cc(C(F)(F)F)c3)sc2c1. The van der Waals surface area contributed by atoms with E-state index in [1.807, 2.05) is 0 Å². The molecular formula is C16H8ClF3N2O3S. The molecule has 26 heavy (non-hydrogen) atoms. The molecule has 3 aromatic rings. The molecule has 0 fully saturated rings. The molecule has 0 atom stereocenters. The molecule has 10 heteroatoms. The highest BCUT2D eigenvalue weighted by Gasteiger charge is 2.31. The van der Waals surface area contributed by atoms with Gasteiger partial charge in [0.1, 0.15) is 0 Å². The van der Waals surface area contributed by atoms with Crippen LogP contribution >= 0.6 is 22.9 Å². The first kappa shape index (κ1) is 18.2. The van der Waals surface area contributed by atoms with Crippen LogP contribution in [0.3, 0.4) is 0 Å². The lowest BCUT2D eigenvalue weighted by Gasteiger charge is -2.09. The highest BCUT2D eigenvalue weighted by molar-refractivity contribution is 7.22. The molecule has 1 amide bonds. The number of carbonyl (C=O) groups is 2. The summed E-state index contributed by atoms with van der Waals surface area (Å²) in [6.07, 6.45) is -4.64. The normalized spacial score (nSPS) is 11.5. The first-order valence-corrected chi connectivity index (χ1v) is 8.16. The fourth-order valence-corrected chi connectivity index (χ4v) is 3.30. The minimum atomic E-state index is -4.64. The molecule has 0 aliphatic carbocycles. The van der Waals surface area contributed by atoms with Crippen LogP contribution in [0.2, 0.25) is 5.02 Å². The number of thiazole rings is 1. The van der Waals surface area contributed by atoms with Gasteiger partial charge < -0.3 is 5.11 Å². The summed E-state index contributed by atoms with van der Waals surface area (Å²) < 4.78 is 39.0. The van der Waals surface area contributed by atoms with Gasteiger partial charge in [-0.1, -0.05) is 22.9 Å². The van der Waals surface area contributed by atoms with Gasteiger partial charge >= 0.3 is 12.1 Å². The number of benzene rings is 2. The van der Waals surface area contributed by atoms with Crippen molar-refractivity contribution >= 4 is 50.2 Å². The second-order valence-electron chi connectivity index (χ2n) is 5.19. The number of nitrogens with zero attached hydrogens (tertiary/aromatic N) is 1. The molecule has 1 aromatic heterocycles. The van der Waals surface area contributed by atoms with Gasteiger partial charge in [-0.3, -0.25) is 10.1 Å². The van der Waals surface area contributed by atoms with Gasteiger partial charge in [0.05, 0.1) is 21.3 Å². The number of hydrogen-bond donors (Lipinski definition) is 2. The standard InChI is InChI=1S/C16H8ClF3N2O3S/c17-10-4-8(3-9(6-10)16(18,19)20)13(23)22-15-21-11-2-1-7(14(24)25)5-12(11)26-15/h1-6H,(H,24,25)(H,21,22,23). The first-order valence-electron chi connectivity index (χ1n) is 6.96. The summed E-state index contributed by atoms with van der Waals surface area (Å²) in [7, 11) is 0. The summed E-state index contributed by atoms with van der Waals surface area (Å²) in [5.74, 6) is -1.92. The van der Waals surface area contributed by atoms with Crippen LogP contribution in [0.15, 0.2) is 36.4 Å². The molecule has 3 rings (SSSR count). The summed E-state index contributed by atoms with van der Waals surface area (Å²) in [6, 6.07) is 6.77. The molecule has 0 spiro atoms. The smallest absolute Gasteiger partial charge is 0.416 e. The molecule has 2 N–H and O–H groups in total. The van der Waals surface area contributed by atoms with Crippen molar-refractivity contribution in [2.75, 3.05) is 5.32 Å². The molecule has 0 aliphatic heterocycles. The van der Waals surface area contributed by atoms with Crippen LogP contribution < -0.4 is 5.32 Å². The lowest BCUT2D eigenvalue weighted by molar-refractivity contribution is -0.137. The van der Waals surface area contributed by atoms with Crippen molar-refractivity contribution in [1.82, 2.24) is 4.98 Å². The van der Waals surface area contributed by atoms with Crippen molar-refractivity contribution in [2.45, 2.75) is 6.18 Å². The Morgan fingerprint density at radius 1 is 1.12 bits per heavy atom. The minimum Gasteiger partial charge on any atom is -0.478 e. The number of fused-ring (bicyclic) bond motifs is 1. The van der Waals surface area contributed by atoms with Gasteiger partial charge in [0.2, 0.25) is 0 Å². The molecule has 0 saturated carbocycles. The fourth-order valence-electron chi connectivity index (χ4n) is 2.16. The summed E-state index contributed by atoms with van der Waals surface area (Å²) in [5.41, 5.74) is -0.790. The molecule has 0 saturated heterocycles.